The lowest BCUT2D eigenvalue weighted by molar-refractivity contribution is -0.0490. The van der Waals surface area contributed by atoms with Gasteiger partial charge in [-0.2, -0.15) is 8.42 Å². The second kappa shape index (κ2) is 10.4. The zero-order chi connectivity index (χ0) is 29.9. The van der Waals surface area contributed by atoms with Gasteiger partial charge in [0, 0.05) is 37.1 Å². The lowest BCUT2D eigenvalue weighted by atomic mass is 9.88. The first-order valence-electron chi connectivity index (χ1n) is 14.4. The van der Waals surface area contributed by atoms with Crippen LogP contribution in [0.3, 0.4) is 0 Å². The van der Waals surface area contributed by atoms with Crippen LogP contribution in [-0.2, 0) is 26.0 Å². The Labute approximate surface area is 247 Å². The van der Waals surface area contributed by atoms with Gasteiger partial charge in [0.25, 0.3) is 10.1 Å². The van der Waals surface area contributed by atoms with Crippen molar-refractivity contribution >= 4 is 16.2 Å². The molecule has 0 unspecified atom stereocenters. The minimum Gasteiger partial charge on any atom is -0.486 e. The zero-order valence-corrected chi connectivity index (χ0v) is 25.3. The van der Waals surface area contributed by atoms with E-state index in [0.717, 1.165) is 27.8 Å². The fourth-order valence-corrected chi connectivity index (χ4v) is 7.23. The van der Waals surface area contributed by atoms with Gasteiger partial charge in [-0.3, -0.25) is 4.55 Å². The highest BCUT2D eigenvalue weighted by molar-refractivity contribution is 7.86. The summed E-state index contributed by atoms with van der Waals surface area (Å²) in [6.45, 7) is 8.81. The molecule has 1 atom stereocenters. The third-order valence-corrected chi connectivity index (χ3v) is 9.34. The van der Waals surface area contributed by atoms with Crippen molar-refractivity contribution in [2.75, 3.05) is 19.7 Å². The first kappa shape index (κ1) is 28.7. The van der Waals surface area contributed by atoms with Crippen LogP contribution in [0.25, 0.3) is 22.3 Å². The molecule has 42 heavy (non-hydrogen) atoms. The van der Waals surface area contributed by atoms with Crippen molar-refractivity contribution < 1.29 is 32.0 Å². The van der Waals surface area contributed by atoms with E-state index in [0.29, 0.717) is 49.9 Å². The van der Waals surface area contributed by atoms with Crippen LogP contribution in [0.4, 0.5) is 4.79 Å². The molecule has 222 valence electrons. The summed E-state index contributed by atoms with van der Waals surface area (Å²) in [5.41, 5.74) is 4.86. The van der Waals surface area contributed by atoms with Crippen molar-refractivity contribution in [3.63, 3.8) is 0 Å². The highest BCUT2D eigenvalue weighted by atomic mass is 32.2. The molecule has 2 heterocycles. The van der Waals surface area contributed by atoms with Gasteiger partial charge in [-0.25, -0.2) is 4.79 Å². The van der Waals surface area contributed by atoms with Gasteiger partial charge in [-0.05, 0) is 68.9 Å². The number of amides is 1. The van der Waals surface area contributed by atoms with E-state index in [-0.39, 0.29) is 23.3 Å². The summed E-state index contributed by atoms with van der Waals surface area (Å²) in [7, 11) is -4.66. The van der Waals surface area contributed by atoms with Crippen molar-refractivity contribution in [2.45, 2.75) is 75.6 Å². The van der Waals surface area contributed by atoms with Crippen molar-refractivity contribution in [1.82, 2.24) is 4.90 Å². The van der Waals surface area contributed by atoms with E-state index in [1.54, 1.807) is 4.90 Å². The van der Waals surface area contributed by atoms with Crippen LogP contribution < -0.4 is 4.74 Å². The molecule has 8 nitrogen and oxygen atoms in total. The van der Waals surface area contributed by atoms with Crippen molar-refractivity contribution in [1.29, 1.82) is 0 Å². The lowest BCUT2D eigenvalue weighted by Gasteiger charge is -2.38. The molecule has 3 aliphatic rings. The van der Waals surface area contributed by atoms with Crippen molar-refractivity contribution in [2.24, 2.45) is 0 Å². The zero-order valence-electron chi connectivity index (χ0n) is 24.5. The molecule has 9 heteroatoms. The van der Waals surface area contributed by atoms with Gasteiger partial charge < -0.3 is 19.1 Å². The number of carbonyl (C=O) groups excluding carboxylic acids is 1. The molecule has 0 aromatic heterocycles. The number of ether oxygens (including phenoxy) is 3. The molecule has 3 aromatic rings. The van der Waals surface area contributed by atoms with Gasteiger partial charge in [0.1, 0.15) is 22.4 Å². The van der Waals surface area contributed by atoms with E-state index in [1.165, 1.54) is 0 Å². The molecule has 0 radical (unpaired) electrons. The molecule has 0 saturated carbocycles. The summed E-state index contributed by atoms with van der Waals surface area (Å²) in [5, 5.41) is 0. The van der Waals surface area contributed by atoms with Gasteiger partial charge in [-0.1, -0.05) is 54.1 Å². The Morgan fingerprint density at radius 2 is 1.71 bits per heavy atom. The number of carbonyl (C=O) groups is 1. The van der Waals surface area contributed by atoms with Gasteiger partial charge in [-0.15, -0.1) is 0 Å². The first-order valence-corrected chi connectivity index (χ1v) is 15.9. The highest BCUT2D eigenvalue weighted by Gasteiger charge is 2.46. The number of hydrogen-bond acceptors (Lipinski definition) is 6. The highest BCUT2D eigenvalue weighted by Crippen LogP contribution is 2.49. The number of aryl methyl sites for hydroxylation is 1. The minimum atomic E-state index is -4.66. The molecule has 3 aromatic carbocycles. The summed E-state index contributed by atoms with van der Waals surface area (Å²) < 4.78 is 55.1. The Balaban J connectivity index is 1.33. The Morgan fingerprint density at radius 3 is 2.38 bits per heavy atom. The lowest BCUT2D eigenvalue weighted by Crippen LogP contribution is -2.48. The van der Waals surface area contributed by atoms with Gasteiger partial charge in [0.15, 0.2) is 0 Å². The molecule has 0 bridgehead atoms. The number of benzene rings is 3. The van der Waals surface area contributed by atoms with Crippen LogP contribution >= 0.6 is 0 Å². The van der Waals surface area contributed by atoms with E-state index in [2.05, 4.69) is 0 Å². The number of likely N-dealkylation sites (tertiary alicyclic amines) is 1. The minimum absolute atomic E-state index is 0.193. The molecular weight excluding hydrogens is 554 g/mol. The Bertz CT molecular complexity index is 1630. The quantitative estimate of drug-likeness (QED) is 0.273. The molecule has 1 aliphatic carbocycles. The summed E-state index contributed by atoms with van der Waals surface area (Å²) in [5.74, 6) is 0.193. The van der Waals surface area contributed by atoms with E-state index in [1.807, 2.05) is 82.3 Å². The van der Waals surface area contributed by atoms with Crippen molar-refractivity contribution in [3.05, 3.63) is 71.3 Å². The molecule has 2 fully saturated rings. The molecule has 1 spiro atoms. The van der Waals surface area contributed by atoms with E-state index < -0.39 is 27.4 Å². The average Bonchev–Trinajstić information content (AvgIpc) is 3.49. The second-order valence-electron chi connectivity index (χ2n) is 12.7. The third kappa shape index (κ3) is 5.53. The van der Waals surface area contributed by atoms with Crippen LogP contribution in [-0.4, -0.2) is 61.0 Å². The van der Waals surface area contributed by atoms with E-state index >= 15 is 0 Å². The van der Waals surface area contributed by atoms with Crippen LogP contribution in [0.5, 0.6) is 5.75 Å². The maximum Gasteiger partial charge on any atom is 0.410 e. The third-order valence-electron chi connectivity index (χ3n) is 8.42. The summed E-state index contributed by atoms with van der Waals surface area (Å²) in [6.07, 6.45) is 1.56. The predicted molar refractivity (Wildman–Crippen MR) is 159 cm³/mol. The number of nitrogens with zero attached hydrogens (tertiary/aromatic N) is 1. The SMILES string of the molecule is Cc1ccc(-c2cc3c(c(O[C@@H]4COC5(CCN(C(=O)OC(C)(C)C)CC5)C4)c2S(=O)(=O)O)Cc2ccccc2-3)cc1. The van der Waals surface area contributed by atoms with E-state index in [4.69, 9.17) is 14.2 Å². The molecular formula is C33H37NO7S. The number of piperidine rings is 1. The number of hydrogen-bond donors (Lipinski definition) is 1. The van der Waals surface area contributed by atoms with Crippen LogP contribution in [0.2, 0.25) is 0 Å². The summed E-state index contributed by atoms with van der Waals surface area (Å²) in [4.78, 5) is 14.1. The fourth-order valence-electron chi connectivity index (χ4n) is 6.37. The summed E-state index contributed by atoms with van der Waals surface area (Å²) in [6, 6.07) is 17.4. The largest absolute Gasteiger partial charge is 0.486 e. The molecule has 2 saturated heterocycles. The maximum atomic E-state index is 13.1. The standard InChI is InChI=1S/C33H37NO7S/c1-21-9-11-22(12-10-21)26-18-27-25-8-6-5-7-23(25)17-28(27)29(30(26)42(36,37)38)40-24-19-33(39-20-24)13-15-34(16-14-33)31(35)41-32(2,3)4/h5-12,18,24H,13-17,19-20H2,1-4H3,(H,36,37,38)/t24-/m0/s1. The van der Waals surface area contributed by atoms with Crippen LogP contribution in [0.15, 0.2) is 59.5 Å². The molecule has 1 amide bonds. The monoisotopic (exact) mass is 591 g/mol. The molecule has 2 aliphatic heterocycles. The predicted octanol–water partition coefficient (Wildman–Crippen LogP) is 6.42. The Hall–Kier alpha value is -3.40. The van der Waals surface area contributed by atoms with Crippen LogP contribution in [0, 0.1) is 6.92 Å². The topological polar surface area (TPSA) is 102 Å². The van der Waals surface area contributed by atoms with Crippen LogP contribution in [0.1, 0.15) is 56.7 Å². The number of fused-ring (bicyclic) bond motifs is 3. The first-order chi connectivity index (χ1) is 19.8. The van der Waals surface area contributed by atoms with E-state index in [9.17, 15) is 17.8 Å². The van der Waals surface area contributed by atoms with Gasteiger partial charge in [0.2, 0.25) is 0 Å². The Morgan fingerprint density at radius 1 is 1.02 bits per heavy atom. The number of rotatable bonds is 4. The maximum absolute atomic E-state index is 13.1. The Kier molecular flexibility index (Phi) is 7.11. The smallest absolute Gasteiger partial charge is 0.410 e. The van der Waals surface area contributed by atoms with Gasteiger partial charge in [0.05, 0.1) is 12.2 Å². The second-order valence-corrected chi connectivity index (χ2v) is 14.0. The molecule has 1 N–H and O–H groups in total. The van der Waals surface area contributed by atoms with Gasteiger partial charge >= 0.3 is 6.09 Å². The summed E-state index contributed by atoms with van der Waals surface area (Å²) >= 11 is 0. The molecule has 6 rings (SSSR count). The van der Waals surface area contributed by atoms with Crippen molar-refractivity contribution in [3.8, 4) is 28.0 Å². The average molecular weight is 592 g/mol. The normalized spacial score (nSPS) is 19.5. The fraction of sp³-hybridized carbons (Fsp3) is 0.424.